The SMILES string of the molecule is CNC1(C(=O)NN)CCNCC1. The smallest absolute Gasteiger partial charge is 0.254 e. The largest absolute Gasteiger partial charge is 0.317 e. The van der Waals surface area contributed by atoms with E-state index < -0.39 is 5.54 Å². The molecule has 1 heterocycles. The van der Waals surface area contributed by atoms with Crippen LogP contribution in [0.4, 0.5) is 0 Å². The molecule has 0 radical (unpaired) electrons. The van der Waals surface area contributed by atoms with Crippen LogP contribution in [0.5, 0.6) is 0 Å². The van der Waals surface area contributed by atoms with Gasteiger partial charge in [0.25, 0.3) is 5.91 Å². The van der Waals surface area contributed by atoms with Gasteiger partial charge in [-0.05, 0) is 33.0 Å². The van der Waals surface area contributed by atoms with Gasteiger partial charge in [-0.15, -0.1) is 0 Å². The summed E-state index contributed by atoms with van der Waals surface area (Å²) < 4.78 is 0. The molecule has 1 fully saturated rings. The van der Waals surface area contributed by atoms with Crippen molar-refractivity contribution < 1.29 is 4.79 Å². The van der Waals surface area contributed by atoms with Gasteiger partial charge in [0, 0.05) is 0 Å². The maximum Gasteiger partial charge on any atom is 0.254 e. The van der Waals surface area contributed by atoms with Gasteiger partial charge in [-0.2, -0.15) is 0 Å². The van der Waals surface area contributed by atoms with E-state index in [1.54, 1.807) is 7.05 Å². The molecule has 0 aromatic rings. The lowest BCUT2D eigenvalue weighted by molar-refractivity contribution is -0.128. The van der Waals surface area contributed by atoms with Gasteiger partial charge in [0.2, 0.25) is 0 Å². The van der Waals surface area contributed by atoms with Gasteiger partial charge in [0.1, 0.15) is 5.54 Å². The lowest BCUT2D eigenvalue weighted by Crippen LogP contribution is -2.61. The fraction of sp³-hybridized carbons (Fsp3) is 0.857. The van der Waals surface area contributed by atoms with Crippen LogP contribution in [0.15, 0.2) is 0 Å². The Morgan fingerprint density at radius 3 is 2.50 bits per heavy atom. The highest BCUT2D eigenvalue weighted by Crippen LogP contribution is 2.17. The van der Waals surface area contributed by atoms with Crippen LogP contribution in [0.25, 0.3) is 0 Å². The maximum atomic E-state index is 11.4. The second kappa shape index (κ2) is 3.84. The van der Waals surface area contributed by atoms with E-state index in [0.29, 0.717) is 0 Å². The molecule has 0 atom stereocenters. The first-order valence-corrected chi connectivity index (χ1v) is 4.16. The summed E-state index contributed by atoms with van der Waals surface area (Å²) >= 11 is 0. The predicted molar refractivity (Wildman–Crippen MR) is 46.2 cm³/mol. The number of hydrogen-bond donors (Lipinski definition) is 4. The van der Waals surface area contributed by atoms with Crippen LogP contribution in [0.1, 0.15) is 12.8 Å². The molecule has 1 aliphatic rings. The third-order valence-electron chi connectivity index (χ3n) is 2.50. The third kappa shape index (κ3) is 1.57. The zero-order valence-electron chi connectivity index (χ0n) is 7.31. The number of rotatable bonds is 2. The summed E-state index contributed by atoms with van der Waals surface area (Å²) in [6, 6.07) is 0. The van der Waals surface area contributed by atoms with E-state index in [1.165, 1.54) is 0 Å². The number of nitrogens with one attached hydrogen (secondary N) is 3. The van der Waals surface area contributed by atoms with E-state index in [1.807, 2.05) is 0 Å². The number of hydrogen-bond acceptors (Lipinski definition) is 4. The van der Waals surface area contributed by atoms with Crippen LogP contribution in [-0.4, -0.2) is 31.6 Å². The zero-order chi connectivity index (χ0) is 9.03. The molecular weight excluding hydrogens is 156 g/mol. The molecule has 1 rings (SSSR count). The molecule has 5 heteroatoms. The summed E-state index contributed by atoms with van der Waals surface area (Å²) in [5.74, 6) is 4.98. The van der Waals surface area contributed by atoms with Crippen molar-refractivity contribution >= 4 is 5.91 Å². The lowest BCUT2D eigenvalue weighted by Gasteiger charge is -2.35. The summed E-state index contributed by atoms with van der Waals surface area (Å²) in [5, 5.41) is 6.23. The van der Waals surface area contributed by atoms with E-state index in [-0.39, 0.29) is 5.91 Å². The molecule has 1 saturated heterocycles. The van der Waals surface area contributed by atoms with Gasteiger partial charge in [-0.25, -0.2) is 5.84 Å². The second-order valence-electron chi connectivity index (χ2n) is 3.06. The number of carbonyl (C=O) groups excluding carboxylic acids is 1. The number of hydrazine groups is 1. The van der Waals surface area contributed by atoms with Gasteiger partial charge < -0.3 is 10.6 Å². The molecule has 0 aliphatic carbocycles. The van der Waals surface area contributed by atoms with Gasteiger partial charge in [-0.3, -0.25) is 10.2 Å². The maximum absolute atomic E-state index is 11.4. The summed E-state index contributed by atoms with van der Waals surface area (Å²) in [6.07, 6.45) is 1.57. The molecular formula is C7H16N4O. The van der Waals surface area contributed by atoms with Gasteiger partial charge in [-0.1, -0.05) is 0 Å². The lowest BCUT2D eigenvalue weighted by atomic mass is 9.88. The Labute approximate surface area is 72.0 Å². The number of carbonyl (C=O) groups is 1. The summed E-state index contributed by atoms with van der Waals surface area (Å²) in [5.41, 5.74) is 1.74. The predicted octanol–water partition coefficient (Wildman–Crippen LogP) is -1.68. The monoisotopic (exact) mass is 172 g/mol. The Hall–Kier alpha value is -0.650. The fourth-order valence-electron chi connectivity index (χ4n) is 1.58. The molecule has 1 aliphatic heterocycles. The van der Waals surface area contributed by atoms with Gasteiger partial charge in [0.05, 0.1) is 0 Å². The van der Waals surface area contributed by atoms with Crippen LogP contribution >= 0.6 is 0 Å². The Bertz CT molecular complexity index is 165. The molecule has 0 saturated carbocycles. The molecule has 0 spiro atoms. The quantitative estimate of drug-likeness (QED) is 0.228. The molecule has 1 amide bonds. The number of amides is 1. The van der Waals surface area contributed by atoms with Crippen molar-refractivity contribution in [3.05, 3.63) is 0 Å². The minimum absolute atomic E-state index is 0.119. The van der Waals surface area contributed by atoms with Crippen LogP contribution in [0.3, 0.4) is 0 Å². The molecule has 12 heavy (non-hydrogen) atoms. The second-order valence-corrected chi connectivity index (χ2v) is 3.06. The van der Waals surface area contributed by atoms with E-state index in [0.717, 1.165) is 25.9 Å². The van der Waals surface area contributed by atoms with Crippen molar-refractivity contribution in [2.24, 2.45) is 5.84 Å². The average molecular weight is 172 g/mol. The van der Waals surface area contributed by atoms with Crippen molar-refractivity contribution in [3.8, 4) is 0 Å². The highest BCUT2D eigenvalue weighted by Gasteiger charge is 2.37. The minimum atomic E-state index is -0.458. The first kappa shape index (κ1) is 9.44. The first-order valence-electron chi connectivity index (χ1n) is 4.16. The Kier molecular flexibility index (Phi) is 3.02. The van der Waals surface area contributed by atoms with Crippen LogP contribution < -0.4 is 21.9 Å². The molecule has 5 nitrogen and oxygen atoms in total. The number of nitrogens with two attached hydrogens (primary N) is 1. The van der Waals surface area contributed by atoms with Crippen molar-refractivity contribution in [2.45, 2.75) is 18.4 Å². The Morgan fingerprint density at radius 1 is 1.50 bits per heavy atom. The standard InChI is InChI=1S/C7H16N4O/c1-9-7(6(12)11-8)2-4-10-5-3-7/h9-10H,2-5,8H2,1H3,(H,11,12). The Balaban J connectivity index is 2.66. The van der Waals surface area contributed by atoms with Crippen molar-refractivity contribution in [2.75, 3.05) is 20.1 Å². The first-order chi connectivity index (χ1) is 5.75. The van der Waals surface area contributed by atoms with Crippen molar-refractivity contribution in [1.29, 1.82) is 0 Å². The molecule has 0 unspecified atom stereocenters. The Morgan fingerprint density at radius 2 is 2.08 bits per heavy atom. The highest BCUT2D eigenvalue weighted by atomic mass is 16.2. The number of piperidine rings is 1. The highest BCUT2D eigenvalue weighted by molar-refractivity contribution is 5.85. The van der Waals surface area contributed by atoms with Crippen molar-refractivity contribution in [3.63, 3.8) is 0 Å². The summed E-state index contributed by atoms with van der Waals surface area (Å²) in [7, 11) is 1.79. The van der Waals surface area contributed by atoms with Crippen molar-refractivity contribution in [1.82, 2.24) is 16.1 Å². The normalized spacial score (nSPS) is 21.8. The van der Waals surface area contributed by atoms with E-state index >= 15 is 0 Å². The van der Waals surface area contributed by atoms with E-state index in [4.69, 9.17) is 5.84 Å². The molecule has 0 aromatic carbocycles. The summed E-state index contributed by atoms with van der Waals surface area (Å²) in [4.78, 5) is 11.4. The molecule has 5 N–H and O–H groups in total. The molecule has 70 valence electrons. The van der Waals surface area contributed by atoms with E-state index in [2.05, 4.69) is 16.1 Å². The third-order valence-corrected chi connectivity index (χ3v) is 2.50. The molecule has 0 aromatic heterocycles. The van der Waals surface area contributed by atoms with Crippen LogP contribution in [0, 0.1) is 0 Å². The number of likely N-dealkylation sites (N-methyl/N-ethyl adjacent to an activating group) is 1. The zero-order valence-corrected chi connectivity index (χ0v) is 7.31. The topological polar surface area (TPSA) is 79.2 Å². The van der Waals surface area contributed by atoms with Gasteiger partial charge in [0.15, 0.2) is 0 Å². The fourth-order valence-corrected chi connectivity index (χ4v) is 1.58. The minimum Gasteiger partial charge on any atom is -0.317 e. The van der Waals surface area contributed by atoms with Crippen LogP contribution in [-0.2, 0) is 4.79 Å². The van der Waals surface area contributed by atoms with Crippen LogP contribution in [0.2, 0.25) is 0 Å². The van der Waals surface area contributed by atoms with E-state index in [9.17, 15) is 4.79 Å². The molecule has 0 bridgehead atoms. The average Bonchev–Trinajstić information content (AvgIpc) is 2.17. The van der Waals surface area contributed by atoms with Gasteiger partial charge >= 0.3 is 0 Å². The summed E-state index contributed by atoms with van der Waals surface area (Å²) in [6.45, 7) is 1.71.